The van der Waals surface area contributed by atoms with Crippen molar-refractivity contribution in [1.29, 1.82) is 0 Å². The molecule has 3 heteroatoms. The number of anilines is 1. The molecule has 70 valence electrons. The highest BCUT2D eigenvalue weighted by molar-refractivity contribution is 9.10. The average molecular weight is 261 g/mol. The van der Waals surface area contributed by atoms with Gasteiger partial charge in [-0.3, -0.25) is 0 Å². The average Bonchev–Trinajstić information content (AvgIpc) is 1.99. The van der Waals surface area contributed by atoms with E-state index in [1.165, 1.54) is 0 Å². The molecule has 1 rings (SSSR count). The zero-order valence-corrected chi connectivity index (χ0v) is 9.74. The minimum absolute atomic E-state index is 0.721. The molecule has 0 atom stereocenters. The molecule has 0 aliphatic rings. The summed E-state index contributed by atoms with van der Waals surface area (Å²) < 4.78 is 0.976. The van der Waals surface area contributed by atoms with Crippen molar-refractivity contribution >= 4 is 33.2 Å². The van der Waals surface area contributed by atoms with Gasteiger partial charge < -0.3 is 5.32 Å². The van der Waals surface area contributed by atoms with Crippen LogP contribution < -0.4 is 5.32 Å². The molecule has 0 amide bonds. The Labute approximate surface area is 91.9 Å². The fourth-order valence-electron chi connectivity index (χ4n) is 0.909. The van der Waals surface area contributed by atoms with Gasteiger partial charge >= 0.3 is 0 Å². The van der Waals surface area contributed by atoms with E-state index < -0.39 is 0 Å². The zero-order chi connectivity index (χ0) is 9.84. The topological polar surface area (TPSA) is 12.0 Å². The van der Waals surface area contributed by atoms with Gasteiger partial charge in [0.2, 0.25) is 0 Å². The Morgan fingerprint density at radius 2 is 2.23 bits per heavy atom. The minimum Gasteiger partial charge on any atom is -0.381 e. The Hall–Kier alpha value is -0.470. The molecule has 0 aliphatic carbocycles. The van der Waals surface area contributed by atoms with Crippen molar-refractivity contribution < 1.29 is 0 Å². The lowest BCUT2D eigenvalue weighted by atomic mass is 10.3. The van der Waals surface area contributed by atoms with E-state index >= 15 is 0 Å². The molecule has 0 saturated heterocycles. The quantitative estimate of drug-likeness (QED) is 0.807. The number of rotatable bonds is 3. The van der Waals surface area contributed by atoms with Crippen LogP contribution in [0.15, 0.2) is 34.8 Å². The summed E-state index contributed by atoms with van der Waals surface area (Å²) >= 11 is 9.25. The van der Waals surface area contributed by atoms with Gasteiger partial charge in [0.15, 0.2) is 0 Å². The van der Waals surface area contributed by atoms with Crippen LogP contribution in [0.5, 0.6) is 0 Å². The Kier molecular flexibility index (Phi) is 3.82. The molecule has 1 aromatic rings. The predicted molar refractivity (Wildman–Crippen MR) is 62.5 cm³/mol. The van der Waals surface area contributed by atoms with Gasteiger partial charge in [-0.1, -0.05) is 39.7 Å². The summed E-state index contributed by atoms with van der Waals surface area (Å²) in [6.45, 7) is 6.56. The summed E-state index contributed by atoms with van der Waals surface area (Å²) in [6.07, 6.45) is 0. The first-order valence-corrected chi connectivity index (χ1v) is 5.09. The summed E-state index contributed by atoms with van der Waals surface area (Å²) in [7, 11) is 0. The van der Waals surface area contributed by atoms with Crippen LogP contribution in [0.3, 0.4) is 0 Å². The second-order valence-corrected chi connectivity index (χ2v) is 4.32. The van der Waals surface area contributed by atoms with Crippen LogP contribution in [0.4, 0.5) is 5.69 Å². The number of hydrogen-bond acceptors (Lipinski definition) is 1. The Morgan fingerprint density at radius 3 is 2.77 bits per heavy atom. The largest absolute Gasteiger partial charge is 0.381 e. The van der Waals surface area contributed by atoms with E-state index in [0.29, 0.717) is 0 Å². The first kappa shape index (κ1) is 10.6. The summed E-state index contributed by atoms with van der Waals surface area (Å²) in [5.41, 5.74) is 2.10. The molecule has 0 bridgehead atoms. The van der Waals surface area contributed by atoms with E-state index in [1.54, 1.807) is 0 Å². The van der Waals surface area contributed by atoms with Crippen molar-refractivity contribution in [2.75, 3.05) is 11.9 Å². The standard InChI is InChI=1S/C10H11BrClN/c1-7(2)6-13-10-4-8(11)3-9(12)5-10/h3-5,13H,1,6H2,2H3. The molecule has 0 aromatic heterocycles. The van der Waals surface area contributed by atoms with Crippen LogP contribution in [-0.4, -0.2) is 6.54 Å². The maximum Gasteiger partial charge on any atom is 0.0437 e. The highest BCUT2D eigenvalue weighted by atomic mass is 79.9. The summed E-state index contributed by atoms with van der Waals surface area (Å²) in [6, 6.07) is 5.72. The maximum absolute atomic E-state index is 5.87. The minimum atomic E-state index is 0.721. The number of benzene rings is 1. The van der Waals surface area contributed by atoms with Gasteiger partial charge in [0.25, 0.3) is 0 Å². The molecule has 0 heterocycles. The predicted octanol–water partition coefficient (Wildman–Crippen LogP) is 4.09. The van der Waals surface area contributed by atoms with Gasteiger partial charge in [-0.25, -0.2) is 0 Å². The lowest BCUT2D eigenvalue weighted by Crippen LogP contribution is -2.01. The van der Waals surface area contributed by atoms with Crippen LogP contribution in [0.25, 0.3) is 0 Å². The smallest absolute Gasteiger partial charge is 0.0437 e. The van der Waals surface area contributed by atoms with Crippen molar-refractivity contribution in [3.63, 3.8) is 0 Å². The van der Waals surface area contributed by atoms with Gasteiger partial charge in [-0.05, 0) is 25.1 Å². The number of hydrogen-bond donors (Lipinski definition) is 1. The van der Waals surface area contributed by atoms with Gasteiger partial charge in [0.1, 0.15) is 0 Å². The fourth-order valence-corrected chi connectivity index (χ4v) is 1.77. The molecule has 1 nitrogen and oxygen atoms in total. The number of nitrogens with one attached hydrogen (secondary N) is 1. The van der Waals surface area contributed by atoms with E-state index in [4.69, 9.17) is 11.6 Å². The Balaban J connectivity index is 2.71. The second kappa shape index (κ2) is 4.68. The van der Waals surface area contributed by atoms with E-state index in [0.717, 1.165) is 27.3 Å². The third-order valence-corrected chi connectivity index (χ3v) is 2.13. The van der Waals surface area contributed by atoms with Gasteiger partial charge in [-0.2, -0.15) is 0 Å². The van der Waals surface area contributed by atoms with Crippen molar-refractivity contribution in [2.24, 2.45) is 0 Å². The van der Waals surface area contributed by atoms with Crippen LogP contribution in [-0.2, 0) is 0 Å². The van der Waals surface area contributed by atoms with Crippen molar-refractivity contribution in [3.05, 3.63) is 39.8 Å². The first-order chi connectivity index (χ1) is 6.08. The third kappa shape index (κ3) is 3.83. The maximum atomic E-state index is 5.87. The van der Waals surface area contributed by atoms with Crippen LogP contribution in [0.2, 0.25) is 5.02 Å². The molecule has 1 N–H and O–H groups in total. The Bertz CT molecular complexity index is 302. The van der Waals surface area contributed by atoms with E-state index in [2.05, 4.69) is 27.8 Å². The van der Waals surface area contributed by atoms with Gasteiger partial charge in [0.05, 0.1) is 0 Å². The monoisotopic (exact) mass is 259 g/mol. The van der Waals surface area contributed by atoms with Crippen molar-refractivity contribution in [2.45, 2.75) is 6.92 Å². The normalized spacial score (nSPS) is 9.77. The van der Waals surface area contributed by atoms with E-state index in [1.807, 2.05) is 25.1 Å². The van der Waals surface area contributed by atoms with Crippen molar-refractivity contribution in [1.82, 2.24) is 0 Å². The van der Waals surface area contributed by atoms with Crippen LogP contribution >= 0.6 is 27.5 Å². The lowest BCUT2D eigenvalue weighted by Gasteiger charge is -2.06. The molecule has 1 aromatic carbocycles. The molecule has 0 fully saturated rings. The van der Waals surface area contributed by atoms with Gasteiger partial charge in [0, 0.05) is 21.7 Å². The Morgan fingerprint density at radius 1 is 1.54 bits per heavy atom. The highest BCUT2D eigenvalue weighted by Crippen LogP contribution is 2.22. The van der Waals surface area contributed by atoms with Crippen LogP contribution in [0, 0.1) is 0 Å². The zero-order valence-electron chi connectivity index (χ0n) is 7.40. The summed E-state index contributed by atoms with van der Waals surface area (Å²) in [4.78, 5) is 0. The van der Waals surface area contributed by atoms with Crippen LogP contribution in [0.1, 0.15) is 6.92 Å². The summed E-state index contributed by atoms with van der Waals surface area (Å²) in [5, 5.41) is 3.93. The molecule has 0 unspecified atom stereocenters. The van der Waals surface area contributed by atoms with Gasteiger partial charge in [-0.15, -0.1) is 0 Å². The molecule has 0 saturated carbocycles. The third-order valence-electron chi connectivity index (χ3n) is 1.46. The first-order valence-electron chi connectivity index (χ1n) is 3.92. The molecule has 0 spiro atoms. The SMILES string of the molecule is C=C(C)CNc1cc(Cl)cc(Br)c1. The molecular weight excluding hydrogens is 249 g/mol. The van der Waals surface area contributed by atoms with E-state index in [-0.39, 0.29) is 0 Å². The molecular formula is C10H11BrClN. The van der Waals surface area contributed by atoms with E-state index in [9.17, 15) is 0 Å². The lowest BCUT2D eigenvalue weighted by molar-refractivity contribution is 1.22. The second-order valence-electron chi connectivity index (χ2n) is 2.97. The number of halogens is 2. The summed E-state index contributed by atoms with van der Waals surface area (Å²) in [5.74, 6) is 0. The molecule has 0 radical (unpaired) electrons. The van der Waals surface area contributed by atoms with Crippen molar-refractivity contribution in [3.8, 4) is 0 Å². The molecule has 13 heavy (non-hydrogen) atoms. The highest BCUT2D eigenvalue weighted by Gasteiger charge is 1.96. The fraction of sp³-hybridized carbons (Fsp3) is 0.200. The molecule has 0 aliphatic heterocycles.